The van der Waals surface area contributed by atoms with E-state index in [0.29, 0.717) is 6.54 Å². The van der Waals surface area contributed by atoms with Gasteiger partial charge in [-0.2, -0.15) is 0 Å². The van der Waals surface area contributed by atoms with E-state index >= 15 is 0 Å². The summed E-state index contributed by atoms with van der Waals surface area (Å²) in [6.45, 7) is 13.5. The topological polar surface area (TPSA) is 32.7 Å². The Bertz CT molecular complexity index is 402. The van der Waals surface area contributed by atoms with Gasteiger partial charge < -0.3 is 9.84 Å². The molecule has 0 aliphatic rings. The largest absolute Gasteiger partial charge is 0.491 e. The van der Waals surface area contributed by atoms with E-state index in [1.54, 1.807) is 0 Å². The molecular formula is C17H25NO2. The molecule has 1 rings (SSSR count). The van der Waals surface area contributed by atoms with Crippen LogP contribution in [0.2, 0.25) is 0 Å². The predicted octanol–water partition coefficient (Wildman–Crippen LogP) is 3.18. The second kappa shape index (κ2) is 8.56. The molecule has 3 nitrogen and oxygen atoms in total. The van der Waals surface area contributed by atoms with Gasteiger partial charge in [-0.05, 0) is 31.5 Å². The van der Waals surface area contributed by atoms with Crippen LogP contribution in [0.15, 0.2) is 49.6 Å². The van der Waals surface area contributed by atoms with Crippen molar-refractivity contribution >= 4 is 0 Å². The number of ether oxygens (including phenoxy) is 1. The molecule has 0 heterocycles. The van der Waals surface area contributed by atoms with Crippen LogP contribution in [-0.2, 0) is 0 Å². The van der Waals surface area contributed by atoms with Gasteiger partial charge in [0.05, 0.1) is 12.2 Å². The molecule has 1 atom stereocenters. The third-order valence-electron chi connectivity index (χ3n) is 2.84. The first-order chi connectivity index (χ1) is 9.56. The highest BCUT2D eigenvalue weighted by Crippen LogP contribution is 2.19. The van der Waals surface area contributed by atoms with E-state index in [0.717, 1.165) is 24.4 Å². The van der Waals surface area contributed by atoms with E-state index in [4.69, 9.17) is 4.74 Å². The van der Waals surface area contributed by atoms with Crippen molar-refractivity contribution in [2.24, 2.45) is 0 Å². The molecule has 0 bridgehead atoms. The van der Waals surface area contributed by atoms with E-state index < -0.39 is 6.10 Å². The van der Waals surface area contributed by atoms with Crippen LogP contribution >= 0.6 is 0 Å². The van der Waals surface area contributed by atoms with Crippen LogP contribution < -0.4 is 4.74 Å². The Kier molecular flexibility index (Phi) is 7.05. The van der Waals surface area contributed by atoms with Crippen molar-refractivity contribution in [1.82, 2.24) is 4.90 Å². The van der Waals surface area contributed by atoms with Gasteiger partial charge in [0.15, 0.2) is 0 Å². The number of aliphatic hydroxyl groups is 1. The van der Waals surface area contributed by atoms with Gasteiger partial charge in [0.25, 0.3) is 0 Å². The lowest BCUT2D eigenvalue weighted by atomic mass is 10.1. The predicted molar refractivity (Wildman–Crippen MR) is 84.0 cm³/mol. The number of rotatable bonds is 9. The van der Waals surface area contributed by atoms with Crippen molar-refractivity contribution in [3.05, 3.63) is 55.1 Å². The van der Waals surface area contributed by atoms with Crippen molar-refractivity contribution in [2.75, 3.05) is 19.6 Å². The molecule has 0 spiro atoms. The van der Waals surface area contributed by atoms with Gasteiger partial charge in [-0.1, -0.05) is 24.3 Å². The molecular weight excluding hydrogens is 250 g/mol. The molecule has 1 N–H and O–H groups in total. The summed E-state index contributed by atoms with van der Waals surface area (Å²) < 4.78 is 5.59. The van der Waals surface area contributed by atoms with Crippen LogP contribution in [0.4, 0.5) is 0 Å². The van der Waals surface area contributed by atoms with Crippen LogP contribution in [0.1, 0.15) is 25.5 Å². The van der Waals surface area contributed by atoms with Crippen LogP contribution in [0, 0.1) is 0 Å². The normalized spacial score (nSPS) is 12.4. The Hall–Kier alpha value is -1.58. The smallest absolute Gasteiger partial charge is 0.119 e. The summed E-state index contributed by atoms with van der Waals surface area (Å²) in [4.78, 5) is 2.09. The van der Waals surface area contributed by atoms with Gasteiger partial charge in [-0.3, -0.25) is 4.90 Å². The summed E-state index contributed by atoms with van der Waals surface area (Å²) in [7, 11) is 0. The highest BCUT2D eigenvalue weighted by molar-refractivity contribution is 5.28. The second-order valence-electron chi connectivity index (χ2n) is 5.05. The van der Waals surface area contributed by atoms with Crippen molar-refractivity contribution in [3.8, 4) is 5.75 Å². The number of aliphatic hydroxyl groups excluding tert-OH is 1. The van der Waals surface area contributed by atoms with Gasteiger partial charge >= 0.3 is 0 Å². The molecule has 20 heavy (non-hydrogen) atoms. The molecule has 3 heteroatoms. The molecule has 110 valence electrons. The van der Waals surface area contributed by atoms with Crippen LogP contribution in [0.5, 0.6) is 5.75 Å². The lowest BCUT2D eigenvalue weighted by Gasteiger charge is -2.22. The molecule has 1 aromatic rings. The molecule has 0 aliphatic carbocycles. The van der Waals surface area contributed by atoms with Crippen molar-refractivity contribution in [2.45, 2.75) is 26.1 Å². The highest BCUT2D eigenvalue weighted by atomic mass is 16.5. The van der Waals surface area contributed by atoms with Gasteiger partial charge in [0.2, 0.25) is 0 Å². The fraction of sp³-hybridized carbons (Fsp3) is 0.412. The fourth-order valence-corrected chi connectivity index (χ4v) is 1.98. The molecule has 1 aromatic carbocycles. The lowest BCUT2D eigenvalue weighted by molar-refractivity contribution is 0.125. The van der Waals surface area contributed by atoms with E-state index in [1.165, 1.54) is 0 Å². The summed E-state index contributed by atoms with van der Waals surface area (Å²) in [5.74, 6) is 0.824. The summed E-state index contributed by atoms with van der Waals surface area (Å²) in [5, 5.41) is 10.3. The minimum absolute atomic E-state index is 0.154. The Labute approximate surface area is 122 Å². The highest BCUT2D eigenvalue weighted by Gasteiger charge is 2.12. The zero-order valence-corrected chi connectivity index (χ0v) is 12.5. The quantitative estimate of drug-likeness (QED) is 0.703. The third-order valence-corrected chi connectivity index (χ3v) is 2.84. The van der Waals surface area contributed by atoms with Gasteiger partial charge in [-0.15, -0.1) is 13.2 Å². The molecule has 0 aromatic heterocycles. The van der Waals surface area contributed by atoms with Crippen molar-refractivity contribution in [1.29, 1.82) is 0 Å². The summed E-state index contributed by atoms with van der Waals surface area (Å²) in [5.41, 5.74) is 0.888. The minimum atomic E-state index is -0.525. The zero-order chi connectivity index (χ0) is 15.0. The molecule has 0 amide bonds. The molecule has 1 unspecified atom stereocenters. The van der Waals surface area contributed by atoms with Crippen LogP contribution in [0.25, 0.3) is 0 Å². The maximum atomic E-state index is 10.3. The Morgan fingerprint density at radius 2 is 1.70 bits per heavy atom. The van der Waals surface area contributed by atoms with E-state index in [2.05, 4.69) is 18.1 Å². The molecule has 0 aliphatic heterocycles. The third kappa shape index (κ3) is 5.59. The minimum Gasteiger partial charge on any atom is -0.491 e. The number of nitrogens with zero attached hydrogens (tertiary/aromatic N) is 1. The van der Waals surface area contributed by atoms with Gasteiger partial charge in [0, 0.05) is 19.6 Å². The first-order valence-corrected chi connectivity index (χ1v) is 6.95. The molecule has 0 saturated heterocycles. The summed E-state index contributed by atoms with van der Waals surface area (Å²) >= 11 is 0. The first-order valence-electron chi connectivity index (χ1n) is 6.95. The maximum absolute atomic E-state index is 10.3. The SMILES string of the molecule is C=CCN(CC=C)CC(O)c1ccc(OC(C)C)cc1. The van der Waals surface area contributed by atoms with Gasteiger partial charge in [-0.25, -0.2) is 0 Å². The summed E-state index contributed by atoms with van der Waals surface area (Å²) in [6.07, 6.45) is 3.29. The second-order valence-corrected chi connectivity index (χ2v) is 5.05. The Balaban J connectivity index is 2.63. The number of hydrogen-bond acceptors (Lipinski definition) is 3. The number of hydrogen-bond donors (Lipinski definition) is 1. The standard InChI is InChI=1S/C17H25NO2/c1-5-11-18(12-6-2)13-17(19)15-7-9-16(10-8-15)20-14(3)4/h5-10,14,17,19H,1-2,11-13H2,3-4H3. The lowest BCUT2D eigenvalue weighted by Crippen LogP contribution is -2.29. The zero-order valence-electron chi connectivity index (χ0n) is 12.5. The molecule has 0 fully saturated rings. The Morgan fingerprint density at radius 1 is 1.15 bits per heavy atom. The van der Waals surface area contributed by atoms with E-state index in [-0.39, 0.29) is 6.10 Å². The van der Waals surface area contributed by atoms with E-state index in [1.807, 2.05) is 50.3 Å². The fourth-order valence-electron chi connectivity index (χ4n) is 1.98. The van der Waals surface area contributed by atoms with E-state index in [9.17, 15) is 5.11 Å². The van der Waals surface area contributed by atoms with Crippen molar-refractivity contribution < 1.29 is 9.84 Å². The first kappa shape index (κ1) is 16.5. The average molecular weight is 275 g/mol. The van der Waals surface area contributed by atoms with Crippen LogP contribution in [-0.4, -0.2) is 35.7 Å². The Morgan fingerprint density at radius 3 is 2.15 bits per heavy atom. The number of benzene rings is 1. The molecule has 0 saturated carbocycles. The maximum Gasteiger partial charge on any atom is 0.119 e. The van der Waals surface area contributed by atoms with Crippen molar-refractivity contribution in [3.63, 3.8) is 0 Å². The summed E-state index contributed by atoms with van der Waals surface area (Å²) in [6, 6.07) is 7.60. The average Bonchev–Trinajstić information content (AvgIpc) is 2.39. The van der Waals surface area contributed by atoms with Crippen LogP contribution in [0.3, 0.4) is 0 Å². The molecule has 0 radical (unpaired) electrons. The van der Waals surface area contributed by atoms with Gasteiger partial charge in [0.1, 0.15) is 5.75 Å². The monoisotopic (exact) mass is 275 g/mol.